The van der Waals surface area contributed by atoms with Crippen LogP contribution in [0.1, 0.15) is 30.9 Å². The lowest BCUT2D eigenvalue weighted by molar-refractivity contribution is -0.142. The lowest BCUT2D eigenvalue weighted by Gasteiger charge is -2.31. The molecule has 0 fully saturated rings. The summed E-state index contributed by atoms with van der Waals surface area (Å²) in [4.78, 5) is 28.8. The van der Waals surface area contributed by atoms with Gasteiger partial charge in [0.2, 0.25) is 5.91 Å². The summed E-state index contributed by atoms with van der Waals surface area (Å²) in [7, 11) is 0. The molecule has 2 aromatic carbocycles. The standard InChI is InChI=1S/C21H26N4O5/c1-21(13-4-8-15(26)9-5-13,14-6-10-16(27)11-7-14)19(30)25-17(18(28)29)3-2-12-24-20(22)23/h4-11,17,26-27H,2-3,12H2,1H3,(H,25,30)(H,28,29)(H4,22,23,24)/t17-/m0/s1. The van der Waals surface area contributed by atoms with Crippen LogP contribution in [0, 0.1) is 0 Å². The van der Waals surface area contributed by atoms with E-state index in [2.05, 4.69) is 10.3 Å². The number of carboxylic acid groups (broad SMARTS) is 1. The van der Waals surface area contributed by atoms with Gasteiger partial charge in [-0.25, -0.2) is 4.79 Å². The van der Waals surface area contributed by atoms with Crippen LogP contribution in [-0.4, -0.2) is 45.7 Å². The van der Waals surface area contributed by atoms with Gasteiger partial charge in [0.1, 0.15) is 17.5 Å². The van der Waals surface area contributed by atoms with E-state index in [-0.39, 0.29) is 30.4 Å². The van der Waals surface area contributed by atoms with Crippen LogP contribution in [0.5, 0.6) is 11.5 Å². The number of amides is 1. The van der Waals surface area contributed by atoms with Crippen molar-refractivity contribution in [3.05, 3.63) is 59.7 Å². The lowest BCUT2D eigenvalue weighted by Crippen LogP contribution is -2.50. The first-order chi connectivity index (χ1) is 14.1. The van der Waals surface area contributed by atoms with E-state index in [4.69, 9.17) is 11.5 Å². The predicted molar refractivity (Wildman–Crippen MR) is 112 cm³/mol. The lowest BCUT2D eigenvalue weighted by atomic mass is 9.75. The quantitative estimate of drug-likeness (QED) is 0.202. The number of benzene rings is 2. The number of nitrogens with zero attached hydrogens (tertiary/aromatic N) is 1. The molecule has 0 aliphatic carbocycles. The number of aliphatic imine (C=N–C) groups is 1. The number of aliphatic carboxylic acids is 1. The van der Waals surface area contributed by atoms with Crippen molar-refractivity contribution in [1.29, 1.82) is 0 Å². The first kappa shape index (κ1) is 22.5. The molecule has 0 bridgehead atoms. The second kappa shape index (κ2) is 9.64. The van der Waals surface area contributed by atoms with Gasteiger partial charge in [0, 0.05) is 6.54 Å². The summed E-state index contributed by atoms with van der Waals surface area (Å²) < 4.78 is 0. The Morgan fingerprint density at radius 3 is 1.87 bits per heavy atom. The Hall–Kier alpha value is -3.75. The Morgan fingerprint density at radius 2 is 1.47 bits per heavy atom. The van der Waals surface area contributed by atoms with Crippen LogP contribution in [0.4, 0.5) is 0 Å². The fourth-order valence-electron chi connectivity index (χ4n) is 3.08. The smallest absolute Gasteiger partial charge is 0.326 e. The van der Waals surface area contributed by atoms with Gasteiger partial charge in [-0.15, -0.1) is 0 Å². The maximum atomic E-state index is 13.3. The van der Waals surface area contributed by atoms with E-state index in [1.807, 2.05) is 0 Å². The van der Waals surface area contributed by atoms with Crippen LogP contribution in [-0.2, 0) is 15.0 Å². The van der Waals surface area contributed by atoms with E-state index in [0.29, 0.717) is 17.5 Å². The molecule has 0 saturated heterocycles. The number of carbonyl (C=O) groups excluding carboxylic acids is 1. The molecule has 160 valence electrons. The second-order valence-corrected chi connectivity index (χ2v) is 7.03. The number of phenolic OH excluding ortho intramolecular Hbond substituents is 2. The van der Waals surface area contributed by atoms with Crippen molar-refractivity contribution in [3.63, 3.8) is 0 Å². The molecule has 1 amide bonds. The molecule has 0 aliphatic heterocycles. The van der Waals surface area contributed by atoms with Crippen molar-refractivity contribution < 1.29 is 24.9 Å². The highest BCUT2D eigenvalue weighted by Crippen LogP contribution is 2.34. The second-order valence-electron chi connectivity index (χ2n) is 7.03. The van der Waals surface area contributed by atoms with Gasteiger partial charge in [-0.1, -0.05) is 24.3 Å². The highest BCUT2D eigenvalue weighted by molar-refractivity contribution is 5.94. The minimum Gasteiger partial charge on any atom is -0.508 e. The van der Waals surface area contributed by atoms with E-state index in [1.165, 1.54) is 24.3 Å². The van der Waals surface area contributed by atoms with E-state index in [9.17, 15) is 24.9 Å². The Morgan fingerprint density at radius 1 is 1.00 bits per heavy atom. The van der Waals surface area contributed by atoms with Crippen LogP contribution in [0.3, 0.4) is 0 Å². The topological polar surface area (TPSA) is 171 Å². The molecule has 0 unspecified atom stereocenters. The van der Waals surface area contributed by atoms with E-state index in [0.717, 1.165) is 0 Å². The zero-order chi connectivity index (χ0) is 22.3. The molecular weight excluding hydrogens is 388 g/mol. The first-order valence-corrected chi connectivity index (χ1v) is 9.32. The largest absolute Gasteiger partial charge is 0.508 e. The molecule has 9 heteroatoms. The van der Waals surface area contributed by atoms with Crippen molar-refractivity contribution >= 4 is 17.8 Å². The van der Waals surface area contributed by atoms with Crippen LogP contribution in [0.15, 0.2) is 53.5 Å². The van der Waals surface area contributed by atoms with Crippen LogP contribution in [0.2, 0.25) is 0 Å². The summed E-state index contributed by atoms with van der Waals surface area (Å²) in [5.41, 5.74) is 10.4. The third kappa shape index (κ3) is 5.40. The molecule has 0 radical (unpaired) electrons. The van der Waals surface area contributed by atoms with Gasteiger partial charge in [-0.05, 0) is 55.2 Å². The number of hydrogen-bond acceptors (Lipinski definition) is 5. The van der Waals surface area contributed by atoms with Gasteiger partial charge in [0.25, 0.3) is 0 Å². The molecule has 8 N–H and O–H groups in total. The average molecular weight is 414 g/mol. The summed E-state index contributed by atoms with van der Waals surface area (Å²) >= 11 is 0. The summed E-state index contributed by atoms with van der Waals surface area (Å²) in [5.74, 6) is -1.72. The van der Waals surface area contributed by atoms with Gasteiger partial charge in [-0.3, -0.25) is 9.79 Å². The molecule has 0 aromatic heterocycles. The Labute approximate surface area is 174 Å². The van der Waals surface area contributed by atoms with Crippen molar-refractivity contribution in [2.75, 3.05) is 6.54 Å². The number of hydrogen-bond donors (Lipinski definition) is 6. The molecule has 2 rings (SSSR count). The number of nitrogens with one attached hydrogen (secondary N) is 1. The molecule has 0 heterocycles. The van der Waals surface area contributed by atoms with Gasteiger partial charge >= 0.3 is 5.97 Å². The normalized spacial score (nSPS) is 12.0. The predicted octanol–water partition coefficient (Wildman–Crippen LogP) is 1.03. The summed E-state index contributed by atoms with van der Waals surface area (Å²) in [6.07, 6.45) is 0.503. The third-order valence-corrected chi connectivity index (χ3v) is 4.89. The minimum atomic E-state index is -1.27. The van der Waals surface area contributed by atoms with Gasteiger partial charge in [0.05, 0.1) is 5.41 Å². The summed E-state index contributed by atoms with van der Waals surface area (Å²) in [6, 6.07) is 11.0. The van der Waals surface area contributed by atoms with Crippen molar-refractivity contribution in [2.45, 2.75) is 31.2 Å². The third-order valence-electron chi connectivity index (χ3n) is 4.89. The zero-order valence-electron chi connectivity index (χ0n) is 16.6. The van der Waals surface area contributed by atoms with Crippen LogP contribution >= 0.6 is 0 Å². The Bertz CT molecular complexity index is 860. The van der Waals surface area contributed by atoms with Gasteiger partial charge in [0.15, 0.2) is 5.96 Å². The number of carboxylic acids is 1. The molecular formula is C21H26N4O5. The number of phenols is 2. The number of carbonyl (C=O) groups is 2. The van der Waals surface area contributed by atoms with Crippen molar-refractivity contribution in [2.24, 2.45) is 16.5 Å². The number of rotatable bonds is 9. The molecule has 1 atom stereocenters. The van der Waals surface area contributed by atoms with E-state index >= 15 is 0 Å². The molecule has 0 aliphatic rings. The monoisotopic (exact) mass is 414 g/mol. The molecule has 2 aromatic rings. The maximum absolute atomic E-state index is 13.3. The average Bonchev–Trinajstić information content (AvgIpc) is 2.70. The zero-order valence-corrected chi connectivity index (χ0v) is 16.6. The molecule has 30 heavy (non-hydrogen) atoms. The number of aromatic hydroxyl groups is 2. The number of guanidine groups is 1. The van der Waals surface area contributed by atoms with Crippen molar-refractivity contribution in [1.82, 2.24) is 5.32 Å². The molecule has 9 nitrogen and oxygen atoms in total. The van der Waals surface area contributed by atoms with E-state index < -0.39 is 23.3 Å². The SMILES string of the molecule is CC(C(=O)N[C@@H](CCCN=C(N)N)C(=O)O)(c1ccc(O)cc1)c1ccc(O)cc1. The fourth-order valence-corrected chi connectivity index (χ4v) is 3.08. The fraction of sp³-hybridized carbons (Fsp3) is 0.286. The summed E-state index contributed by atoms with van der Waals surface area (Å²) in [6.45, 7) is 1.90. The molecule has 0 saturated carbocycles. The van der Waals surface area contributed by atoms with Gasteiger partial charge in [-0.2, -0.15) is 0 Å². The minimum absolute atomic E-state index is 0.0374. The van der Waals surface area contributed by atoms with Crippen molar-refractivity contribution in [3.8, 4) is 11.5 Å². The highest BCUT2D eigenvalue weighted by atomic mass is 16.4. The highest BCUT2D eigenvalue weighted by Gasteiger charge is 2.39. The molecule has 0 spiro atoms. The maximum Gasteiger partial charge on any atom is 0.326 e. The van der Waals surface area contributed by atoms with Gasteiger partial charge < -0.3 is 32.1 Å². The van der Waals surface area contributed by atoms with Crippen LogP contribution in [0.25, 0.3) is 0 Å². The summed E-state index contributed by atoms with van der Waals surface area (Å²) in [5, 5.41) is 31.4. The van der Waals surface area contributed by atoms with E-state index in [1.54, 1.807) is 31.2 Å². The number of nitrogens with two attached hydrogens (primary N) is 2. The Kier molecular flexibility index (Phi) is 7.24. The Balaban J connectivity index is 2.33. The van der Waals surface area contributed by atoms with Crippen LogP contribution < -0.4 is 16.8 Å². The first-order valence-electron chi connectivity index (χ1n) is 9.32.